The van der Waals surface area contributed by atoms with Gasteiger partial charge in [0.25, 0.3) is 0 Å². The van der Waals surface area contributed by atoms with Crippen LogP contribution in [0.15, 0.2) is 0 Å². The highest BCUT2D eigenvalue weighted by atomic mass is 16.5. The molecule has 0 bridgehead atoms. The maximum atomic E-state index is 11.8. The summed E-state index contributed by atoms with van der Waals surface area (Å²) < 4.78 is 4.48. The number of carbonyl (C=O) groups is 3. The van der Waals surface area contributed by atoms with Gasteiger partial charge in [0, 0.05) is 6.04 Å². The van der Waals surface area contributed by atoms with E-state index in [1.807, 2.05) is 0 Å². The predicted octanol–water partition coefficient (Wildman–Crippen LogP) is -0.973. The number of ether oxygens (including phenoxy) is 1. The molecule has 0 aromatic heterocycles. The van der Waals surface area contributed by atoms with Gasteiger partial charge in [-0.3, -0.25) is 14.4 Å². The lowest BCUT2D eigenvalue weighted by atomic mass is 10.1. The van der Waals surface area contributed by atoms with Crippen molar-refractivity contribution in [3.63, 3.8) is 0 Å². The maximum Gasteiger partial charge on any atom is 0.325 e. The quantitative estimate of drug-likeness (QED) is 0.494. The van der Waals surface area contributed by atoms with E-state index in [2.05, 4.69) is 10.1 Å². The number of carbonyl (C=O) groups excluding carboxylic acids is 3. The van der Waals surface area contributed by atoms with Crippen molar-refractivity contribution < 1.29 is 19.1 Å². The fourth-order valence-corrected chi connectivity index (χ4v) is 1.72. The van der Waals surface area contributed by atoms with Crippen LogP contribution in [0, 0.1) is 0 Å². The van der Waals surface area contributed by atoms with Crippen LogP contribution in [0.4, 0.5) is 4.79 Å². The van der Waals surface area contributed by atoms with E-state index in [0.29, 0.717) is 6.42 Å². The lowest BCUT2D eigenvalue weighted by molar-refractivity contribution is -0.146. The molecule has 1 fully saturated rings. The third kappa shape index (κ3) is 2.74. The second kappa shape index (κ2) is 5.00. The van der Waals surface area contributed by atoms with Gasteiger partial charge < -0.3 is 15.0 Å². The minimum atomic E-state index is -0.745. The Morgan fingerprint density at radius 3 is 2.75 bits per heavy atom. The number of hydrogen-bond acceptors (Lipinski definition) is 4. The molecule has 2 radical (unpaired) electrons. The first-order chi connectivity index (χ1) is 7.45. The molecule has 6 nitrogen and oxygen atoms in total. The first-order valence-electron chi connectivity index (χ1n) is 4.89. The zero-order chi connectivity index (χ0) is 12.3. The third-order valence-corrected chi connectivity index (χ3v) is 2.53. The summed E-state index contributed by atoms with van der Waals surface area (Å²) in [4.78, 5) is 34.8. The summed E-state index contributed by atoms with van der Waals surface area (Å²) in [6.07, 6.45) is 0.443. The zero-order valence-electron chi connectivity index (χ0n) is 9.23. The summed E-state index contributed by atoms with van der Waals surface area (Å²) in [6.45, 7) is 1.69. The van der Waals surface area contributed by atoms with Gasteiger partial charge in [0.15, 0.2) is 5.81 Å². The highest BCUT2D eigenvalue weighted by Crippen LogP contribution is 2.18. The number of likely N-dealkylation sites (tertiary alicyclic amines) is 1. The van der Waals surface area contributed by atoms with Crippen molar-refractivity contribution in [2.75, 3.05) is 13.7 Å². The van der Waals surface area contributed by atoms with Gasteiger partial charge in [-0.2, -0.15) is 0 Å². The van der Waals surface area contributed by atoms with Crippen molar-refractivity contribution in [1.82, 2.24) is 10.2 Å². The van der Waals surface area contributed by atoms with E-state index in [0.717, 1.165) is 0 Å². The second-order valence-electron chi connectivity index (χ2n) is 3.69. The molecule has 1 N–H and O–H groups in total. The van der Waals surface area contributed by atoms with Gasteiger partial charge in [-0.1, -0.05) is 0 Å². The van der Waals surface area contributed by atoms with Crippen molar-refractivity contribution in [1.29, 1.82) is 0 Å². The van der Waals surface area contributed by atoms with Gasteiger partial charge in [0.05, 0.1) is 7.11 Å². The Hall–Kier alpha value is -1.53. The molecule has 1 rings (SSSR count). The number of hydrogen-bond donors (Lipinski definition) is 1. The van der Waals surface area contributed by atoms with E-state index in [4.69, 9.17) is 7.85 Å². The van der Waals surface area contributed by atoms with Crippen molar-refractivity contribution in [3.05, 3.63) is 0 Å². The minimum Gasteiger partial charge on any atom is -0.468 e. The number of esters is 1. The van der Waals surface area contributed by atoms with E-state index in [1.165, 1.54) is 12.0 Å². The maximum absolute atomic E-state index is 11.8. The van der Waals surface area contributed by atoms with Crippen LogP contribution in [-0.4, -0.2) is 56.2 Å². The van der Waals surface area contributed by atoms with Gasteiger partial charge in [-0.05, 0) is 13.3 Å². The number of nitrogens with zero attached hydrogens (tertiary/aromatic N) is 1. The number of nitrogens with one attached hydrogen (secondary N) is 1. The fourth-order valence-electron chi connectivity index (χ4n) is 1.72. The van der Waals surface area contributed by atoms with Crippen LogP contribution in [0.5, 0.6) is 0 Å². The van der Waals surface area contributed by atoms with Crippen molar-refractivity contribution >= 4 is 25.5 Å². The summed E-state index contributed by atoms with van der Waals surface area (Å²) >= 11 is 0. The topological polar surface area (TPSA) is 75.7 Å². The summed E-state index contributed by atoms with van der Waals surface area (Å²) in [5, 5.41) is 2.34. The molecule has 0 aliphatic carbocycles. The van der Waals surface area contributed by atoms with Crippen LogP contribution < -0.4 is 5.32 Å². The van der Waals surface area contributed by atoms with Crippen LogP contribution in [0.2, 0.25) is 0 Å². The Labute approximate surface area is 94.7 Å². The monoisotopic (exact) mass is 224 g/mol. The van der Waals surface area contributed by atoms with Crippen LogP contribution in [0.25, 0.3) is 0 Å². The van der Waals surface area contributed by atoms with E-state index < -0.39 is 17.8 Å². The Morgan fingerprint density at radius 2 is 2.25 bits per heavy atom. The largest absolute Gasteiger partial charge is 0.468 e. The Kier molecular flexibility index (Phi) is 3.92. The lowest BCUT2D eigenvalue weighted by Crippen LogP contribution is -2.43. The molecule has 86 valence electrons. The lowest BCUT2D eigenvalue weighted by Gasteiger charge is -2.19. The van der Waals surface area contributed by atoms with Crippen LogP contribution >= 0.6 is 0 Å². The fraction of sp³-hybridized carbons (Fsp3) is 0.667. The van der Waals surface area contributed by atoms with Gasteiger partial charge in [0.2, 0.25) is 13.8 Å². The van der Waals surface area contributed by atoms with E-state index >= 15 is 0 Å². The standard InChI is InChI=1S/C9H13BN2O4/c1-5-3-6(11-9(10)15)8(14)12(5)4-7(13)16-2/h5-6H,3-4H2,1-2H3,(H,11,15). The van der Waals surface area contributed by atoms with Gasteiger partial charge in [0.1, 0.15) is 12.6 Å². The molecule has 0 aromatic rings. The normalized spacial score (nSPS) is 24.4. The van der Waals surface area contributed by atoms with E-state index in [-0.39, 0.29) is 18.5 Å². The summed E-state index contributed by atoms with van der Waals surface area (Å²) in [5.74, 6) is -1.54. The number of methoxy groups -OCH3 is 1. The summed E-state index contributed by atoms with van der Waals surface area (Å²) in [7, 11) is 6.20. The molecular formula is C9H13BN2O4. The molecule has 1 heterocycles. The first kappa shape index (κ1) is 12.5. The Bertz CT molecular complexity index is 321. The molecule has 2 unspecified atom stereocenters. The Morgan fingerprint density at radius 1 is 1.62 bits per heavy atom. The number of rotatable bonds is 3. The molecule has 0 saturated carbocycles. The summed E-state index contributed by atoms with van der Waals surface area (Å²) in [6, 6.07) is -0.763. The first-order valence-corrected chi connectivity index (χ1v) is 4.89. The second-order valence-corrected chi connectivity index (χ2v) is 3.69. The van der Waals surface area contributed by atoms with E-state index in [1.54, 1.807) is 6.92 Å². The molecule has 1 aliphatic heterocycles. The van der Waals surface area contributed by atoms with Gasteiger partial charge >= 0.3 is 5.97 Å². The SMILES string of the molecule is [B]C(=O)NC1CC(C)N(CC(=O)OC)C1=O. The predicted molar refractivity (Wildman–Crippen MR) is 55.9 cm³/mol. The van der Waals surface area contributed by atoms with Gasteiger partial charge in [-0.15, -0.1) is 0 Å². The smallest absolute Gasteiger partial charge is 0.325 e. The highest BCUT2D eigenvalue weighted by Gasteiger charge is 2.38. The molecule has 7 heteroatoms. The van der Waals surface area contributed by atoms with Crippen LogP contribution in [0.1, 0.15) is 13.3 Å². The molecule has 16 heavy (non-hydrogen) atoms. The zero-order valence-corrected chi connectivity index (χ0v) is 9.23. The van der Waals surface area contributed by atoms with E-state index in [9.17, 15) is 14.4 Å². The van der Waals surface area contributed by atoms with Crippen molar-refractivity contribution in [3.8, 4) is 0 Å². The highest BCUT2D eigenvalue weighted by molar-refractivity contribution is 6.57. The molecule has 2 amide bonds. The molecular weight excluding hydrogens is 211 g/mol. The molecule has 0 aromatic carbocycles. The van der Waals surface area contributed by atoms with Gasteiger partial charge in [-0.25, -0.2) is 0 Å². The average molecular weight is 224 g/mol. The molecule has 2 atom stereocenters. The Balaban J connectivity index is 2.63. The van der Waals surface area contributed by atoms with Crippen molar-refractivity contribution in [2.24, 2.45) is 0 Å². The average Bonchev–Trinajstić information content (AvgIpc) is 2.45. The molecule has 1 saturated heterocycles. The summed E-state index contributed by atoms with van der Waals surface area (Å²) in [5.41, 5.74) is 0. The number of amides is 2. The van der Waals surface area contributed by atoms with Crippen molar-refractivity contribution in [2.45, 2.75) is 25.4 Å². The minimum absolute atomic E-state index is 0.104. The van der Waals surface area contributed by atoms with Crippen LogP contribution in [0.3, 0.4) is 0 Å². The molecule has 0 spiro atoms. The van der Waals surface area contributed by atoms with Crippen LogP contribution in [-0.2, 0) is 14.3 Å². The third-order valence-electron chi connectivity index (χ3n) is 2.53. The molecule has 1 aliphatic rings.